The lowest BCUT2D eigenvalue weighted by Gasteiger charge is -2.34. The Morgan fingerprint density at radius 2 is 2.05 bits per heavy atom. The fourth-order valence-electron chi connectivity index (χ4n) is 4.86. The number of amides is 1. The van der Waals surface area contributed by atoms with Crippen LogP contribution in [0.2, 0.25) is 0 Å². The molecule has 0 aromatic heterocycles. The van der Waals surface area contributed by atoms with Gasteiger partial charge >= 0.3 is 0 Å². The molecule has 3 heteroatoms. The molecule has 1 heterocycles. The van der Waals surface area contributed by atoms with Crippen LogP contribution < -0.4 is 5.32 Å². The topological polar surface area (TPSA) is 32.3 Å². The second kappa shape index (κ2) is 5.32. The van der Waals surface area contributed by atoms with Gasteiger partial charge in [-0.2, -0.15) is 0 Å². The summed E-state index contributed by atoms with van der Waals surface area (Å²) in [5.41, 5.74) is 0.263. The van der Waals surface area contributed by atoms with Crippen molar-refractivity contribution in [2.75, 3.05) is 20.1 Å². The summed E-state index contributed by atoms with van der Waals surface area (Å²) >= 11 is 0. The van der Waals surface area contributed by atoms with Gasteiger partial charge in [-0.05, 0) is 62.3 Å². The minimum absolute atomic E-state index is 0.0374. The molecule has 1 saturated heterocycles. The molecule has 0 radical (unpaired) electrons. The fraction of sp³-hybridized carbons (Fsp3) is 0.941. The number of hydrogen-bond donors (Lipinski definition) is 1. The molecule has 114 valence electrons. The maximum Gasteiger partial charge on any atom is 0.239 e. The number of hydrogen-bond acceptors (Lipinski definition) is 2. The van der Waals surface area contributed by atoms with E-state index in [1.165, 1.54) is 25.7 Å². The maximum absolute atomic E-state index is 12.7. The molecule has 0 aromatic carbocycles. The van der Waals surface area contributed by atoms with Gasteiger partial charge in [0, 0.05) is 13.1 Å². The van der Waals surface area contributed by atoms with Crippen LogP contribution in [0, 0.1) is 23.2 Å². The predicted octanol–water partition coefficient (Wildman–Crippen LogP) is 2.66. The van der Waals surface area contributed by atoms with E-state index < -0.39 is 0 Å². The van der Waals surface area contributed by atoms with Crippen LogP contribution in [0.5, 0.6) is 0 Å². The monoisotopic (exact) mass is 278 g/mol. The average molecular weight is 278 g/mol. The molecule has 0 aromatic rings. The largest absolute Gasteiger partial charge is 0.341 e. The van der Waals surface area contributed by atoms with Crippen LogP contribution in [0.1, 0.15) is 52.4 Å². The highest BCUT2D eigenvalue weighted by Crippen LogP contribution is 2.48. The average Bonchev–Trinajstić information content (AvgIpc) is 2.97. The minimum atomic E-state index is 0.0374. The molecule has 3 fully saturated rings. The van der Waals surface area contributed by atoms with Crippen molar-refractivity contribution >= 4 is 5.91 Å². The molecule has 20 heavy (non-hydrogen) atoms. The van der Waals surface area contributed by atoms with E-state index in [-0.39, 0.29) is 11.5 Å². The van der Waals surface area contributed by atoms with Gasteiger partial charge in [0.05, 0.1) is 6.04 Å². The molecule has 4 atom stereocenters. The zero-order chi connectivity index (χ0) is 14.3. The van der Waals surface area contributed by atoms with E-state index in [4.69, 9.17) is 0 Å². The summed E-state index contributed by atoms with van der Waals surface area (Å²) in [6.07, 6.45) is 7.79. The number of likely N-dealkylation sites (N-methyl/N-ethyl adjacent to an activating group) is 1. The molecule has 2 bridgehead atoms. The Morgan fingerprint density at radius 3 is 2.65 bits per heavy atom. The Kier molecular flexibility index (Phi) is 3.83. The van der Waals surface area contributed by atoms with Crippen LogP contribution in [-0.4, -0.2) is 37.0 Å². The maximum atomic E-state index is 12.7. The van der Waals surface area contributed by atoms with E-state index in [0.29, 0.717) is 5.91 Å². The van der Waals surface area contributed by atoms with Gasteiger partial charge in [0.15, 0.2) is 0 Å². The predicted molar refractivity (Wildman–Crippen MR) is 81.4 cm³/mol. The van der Waals surface area contributed by atoms with Crippen molar-refractivity contribution in [3.8, 4) is 0 Å². The first-order valence-corrected chi connectivity index (χ1v) is 8.44. The molecule has 3 nitrogen and oxygen atoms in total. The molecule has 1 N–H and O–H groups in total. The standard InChI is InChI=1S/C17H30N2O/c1-17(2)7-6-15(18-3)16(20)19(11-17)10-14-9-12-4-5-13(14)8-12/h12-15,18H,4-11H2,1-3H3. The Balaban J connectivity index is 1.70. The highest BCUT2D eigenvalue weighted by Gasteiger charge is 2.42. The van der Waals surface area contributed by atoms with Gasteiger partial charge in [0.2, 0.25) is 5.91 Å². The fourth-order valence-corrected chi connectivity index (χ4v) is 4.86. The Labute approximate surface area is 123 Å². The molecule has 1 amide bonds. The van der Waals surface area contributed by atoms with Crippen LogP contribution in [-0.2, 0) is 4.79 Å². The first-order valence-electron chi connectivity index (χ1n) is 8.44. The van der Waals surface area contributed by atoms with Gasteiger partial charge in [0.1, 0.15) is 0 Å². The molecular formula is C17H30N2O. The molecular weight excluding hydrogens is 248 g/mol. The quantitative estimate of drug-likeness (QED) is 0.861. The van der Waals surface area contributed by atoms with Crippen molar-refractivity contribution in [2.24, 2.45) is 23.2 Å². The normalized spacial score (nSPS) is 40.1. The lowest BCUT2D eigenvalue weighted by molar-refractivity contribution is -0.134. The Bertz CT molecular complexity index is 379. The van der Waals surface area contributed by atoms with Crippen LogP contribution in [0.15, 0.2) is 0 Å². The van der Waals surface area contributed by atoms with Crippen LogP contribution >= 0.6 is 0 Å². The summed E-state index contributed by atoms with van der Waals surface area (Å²) < 4.78 is 0. The molecule has 3 aliphatic rings. The van der Waals surface area contributed by atoms with Crippen molar-refractivity contribution in [3.05, 3.63) is 0 Å². The first kappa shape index (κ1) is 14.4. The number of nitrogens with one attached hydrogen (secondary N) is 1. The lowest BCUT2D eigenvalue weighted by Crippen LogP contribution is -2.47. The summed E-state index contributed by atoms with van der Waals surface area (Å²) in [6, 6.07) is 0.0374. The minimum Gasteiger partial charge on any atom is -0.341 e. The van der Waals surface area contributed by atoms with Crippen LogP contribution in [0.3, 0.4) is 0 Å². The first-order chi connectivity index (χ1) is 9.48. The van der Waals surface area contributed by atoms with E-state index in [1.807, 2.05) is 7.05 Å². The smallest absolute Gasteiger partial charge is 0.239 e. The number of fused-ring (bicyclic) bond motifs is 2. The third-order valence-electron chi connectivity index (χ3n) is 6.03. The zero-order valence-electron chi connectivity index (χ0n) is 13.3. The van der Waals surface area contributed by atoms with Crippen LogP contribution in [0.25, 0.3) is 0 Å². The van der Waals surface area contributed by atoms with Gasteiger partial charge in [0.25, 0.3) is 0 Å². The molecule has 2 saturated carbocycles. The molecule has 3 rings (SSSR count). The number of carbonyl (C=O) groups excluding carboxylic acids is 1. The molecule has 0 spiro atoms. The molecule has 2 aliphatic carbocycles. The summed E-state index contributed by atoms with van der Waals surface area (Å²) in [7, 11) is 1.93. The van der Waals surface area contributed by atoms with Gasteiger partial charge in [-0.1, -0.05) is 20.3 Å². The number of nitrogens with zero attached hydrogens (tertiary/aromatic N) is 1. The van der Waals surface area contributed by atoms with Gasteiger partial charge < -0.3 is 10.2 Å². The summed E-state index contributed by atoms with van der Waals surface area (Å²) in [6.45, 7) is 6.58. The van der Waals surface area contributed by atoms with Gasteiger partial charge in [-0.3, -0.25) is 4.79 Å². The Hall–Kier alpha value is -0.570. The number of rotatable bonds is 3. The second-order valence-electron chi connectivity index (χ2n) is 8.20. The van der Waals surface area contributed by atoms with E-state index in [0.717, 1.165) is 43.7 Å². The summed E-state index contributed by atoms with van der Waals surface area (Å²) in [4.78, 5) is 14.9. The van der Waals surface area contributed by atoms with Crippen LogP contribution in [0.4, 0.5) is 0 Å². The van der Waals surface area contributed by atoms with E-state index >= 15 is 0 Å². The third-order valence-corrected chi connectivity index (χ3v) is 6.03. The van der Waals surface area contributed by atoms with Crippen molar-refractivity contribution in [2.45, 2.75) is 58.4 Å². The van der Waals surface area contributed by atoms with E-state index in [9.17, 15) is 4.79 Å². The highest BCUT2D eigenvalue weighted by molar-refractivity contribution is 5.82. The van der Waals surface area contributed by atoms with Gasteiger partial charge in [-0.15, -0.1) is 0 Å². The zero-order valence-corrected chi connectivity index (χ0v) is 13.3. The van der Waals surface area contributed by atoms with Gasteiger partial charge in [-0.25, -0.2) is 0 Å². The summed E-state index contributed by atoms with van der Waals surface area (Å²) in [5, 5.41) is 3.23. The molecule has 1 aliphatic heterocycles. The number of likely N-dealkylation sites (tertiary alicyclic amines) is 1. The van der Waals surface area contributed by atoms with Crippen molar-refractivity contribution in [1.82, 2.24) is 10.2 Å². The third kappa shape index (κ3) is 2.74. The van der Waals surface area contributed by atoms with E-state index in [1.54, 1.807) is 0 Å². The lowest BCUT2D eigenvalue weighted by atomic mass is 9.86. The van der Waals surface area contributed by atoms with Crippen molar-refractivity contribution < 1.29 is 4.79 Å². The van der Waals surface area contributed by atoms with Crippen molar-refractivity contribution in [1.29, 1.82) is 0 Å². The highest BCUT2D eigenvalue weighted by atomic mass is 16.2. The summed E-state index contributed by atoms with van der Waals surface area (Å²) in [5.74, 6) is 3.01. The SMILES string of the molecule is CNC1CCC(C)(C)CN(CC2CC3CCC2C3)C1=O. The number of carbonyl (C=O) groups is 1. The Morgan fingerprint density at radius 1 is 1.25 bits per heavy atom. The molecule has 4 unspecified atom stereocenters. The second-order valence-corrected chi connectivity index (χ2v) is 8.20. The van der Waals surface area contributed by atoms with Crippen molar-refractivity contribution in [3.63, 3.8) is 0 Å². The van der Waals surface area contributed by atoms with E-state index in [2.05, 4.69) is 24.1 Å².